The van der Waals surface area contributed by atoms with Crippen LogP contribution in [0.25, 0.3) is 0 Å². The molecule has 2 aliphatic rings. The van der Waals surface area contributed by atoms with Crippen LogP contribution in [0.3, 0.4) is 0 Å². The molecule has 0 aromatic rings. The fourth-order valence-corrected chi connectivity index (χ4v) is 7.73. The first-order valence-corrected chi connectivity index (χ1v) is 24.5. The van der Waals surface area contributed by atoms with E-state index in [4.69, 9.17) is 18.9 Å². The molecule has 2 aliphatic heterocycles. The highest BCUT2D eigenvalue weighted by Crippen LogP contribution is 2.30. The van der Waals surface area contributed by atoms with Gasteiger partial charge in [-0.05, 0) is 57.8 Å². The Balaban J connectivity index is 1.68. The lowest BCUT2D eigenvalue weighted by molar-refractivity contribution is -0.359. The van der Waals surface area contributed by atoms with Gasteiger partial charge < -0.3 is 65.1 Å². The van der Waals surface area contributed by atoms with Crippen LogP contribution in [-0.2, 0) is 23.7 Å². The lowest BCUT2D eigenvalue weighted by atomic mass is 9.97. The summed E-state index contributed by atoms with van der Waals surface area (Å²) in [6.45, 7) is 2.61. The topological polar surface area (TPSA) is 228 Å². The van der Waals surface area contributed by atoms with Crippen molar-refractivity contribution in [1.82, 2.24) is 5.32 Å². The van der Waals surface area contributed by atoms with E-state index in [1.165, 1.54) is 32.1 Å². The van der Waals surface area contributed by atoms with E-state index >= 15 is 0 Å². The number of rotatable bonds is 36. The van der Waals surface area contributed by atoms with Gasteiger partial charge in [-0.1, -0.05) is 152 Å². The first-order chi connectivity index (χ1) is 31.1. The van der Waals surface area contributed by atoms with Crippen molar-refractivity contribution in [3.63, 3.8) is 0 Å². The molecule has 0 aromatic heterocycles. The Morgan fingerprint density at radius 2 is 1.08 bits per heavy atom. The Kier molecular flexibility index (Phi) is 33.2. The van der Waals surface area contributed by atoms with Crippen molar-refractivity contribution in [2.75, 3.05) is 19.8 Å². The number of aliphatic hydroxyl groups is 8. The fourth-order valence-electron chi connectivity index (χ4n) is 7.73. The lowest BCUT2D eigenvalue weighted by Crippen LogP contribution is -2.65. The van der Waals surface area contributed by atoms with E-state index in [0.29, 0.717) is 19.3 Å². The molecule has 0 aromatic carbocycles. The van der Waals surface area contributed by atoms with Crippen LogP contribution in [0.4, 0.5) is 0 Å². The van der Waals surface area contributed by atoms with Gasteiger partial charge in [0, 0.05) is 6.42 Å². The van der Waals surface area contributed by atoms with Gasteiger partial charge in [0.2, 0.25) is 5.91 Å². The summed E-state index contributed by atoms with van der Waals surface area (Å²) >= 11 is 0. The molecule has 370 valence electrons. The number of ether oxygens (including phenoxy) is 4. The summed E-state index contributed by atoms with van der Waals surface area (Å²) in [5.74, 6) is -0.225. The van der Waals surface area contributed by atoms with E-state index in [1.54, 1.807) is 0 Å². The lowest BCUT2D eigenvalue weighted by Gasteiger charge is -2.46. The van der Waals surface area contributed by atoms with Gasteiger partial charge in [-0.3, -0.25) is 4.79 Å². The summed E-state index contributed by atoms with van der Waals surface area (Å²) in [4.78, 5) is 13.1. The SMILES string of the molecule is CC/C=C\C/C=C\C/C=C\C/C=C\C/C=C\CCCCCCCCCCCC(=O)NC(COC1OC(CO)C(OC2OC(CO)C(O)C(O)C2O)C(O)C1O)C(O)CCCCCCC. The van der Waals surface area contributed by atoms with E-state index < -0.39 is 86.8 Å². The third kappa shape index (κ3) is 23.9. The van der Waals surface area contributed by atoms with Gasteiger partial charge in [-0.25, -0.2) is 0 Å². The van der Waals surface area contributed by atoms with E-state index in [2.05, 4.69) is 79.9 Å². The molecule has 64 heavy (non-hydrogen) atoms. The standard InChI is InChI=1S/C50H87NO13/c1-3-5-7-9-10-11-12-13-14-15-16-17-18-19-20-21-22-23-24-25-26-27-28-30-32-34-42(55)51-38(39(54)33-31-29-8-6-4-2)37-61-49-47(60)45(58)48(41(36-53)63-49)64-50-46(59)44(57)43(56)40(35-52)62-50/h5,7,10-11,13-14,16-17,19-20,38-41,43-50,52-54,56-60H,3-4,6,8-9,12,15,18,21-37H2,1-2H3,(H,51,55)/b7-5-,11-10-,14-13-,17-16-,20-19-. The van der Waals surface area contributed by atoms with Crippen molar-refractivity contribution in [1.29, 1.82) is 0 Å². The second-order valence-electron chi connectivity index (χ2n) is 17.2. The molecule has 1 amide bonds. The second-order valence-corrected chi connectivity index (χ2v) is 17.2. The number of hydrogen-bond donors (Lipinski definition) is 9. The van der Waals surface area contributed by atoms with Gasteiger partial charge in [-0.15, -0.1) is 0 Å². The zero-order chi connectivity index (χ0) is 46.8. The van der Waals surface area contributed by atoms with Crippen molar-refractivity contribution in [3.8, 4) is 0 Å². The third-order valence-electron chi connectivity index (χ3n) is 11.7. The van der Waals surface area contributed by atoms with Crippen LogP contribution in [0, 0.1) is 0 Å². The van der Waals surface area contributed by atoms with E-state index in [-0.39, 0.29) is 12.5 Å². The van der Waals surface area contributed by atoms with Gasteiger partial charge in [0.05, 0.1) is 32.0 Å². The van der Waals surface area contributed by atoms with E-state index in [1.807, 2.05) is 0 Å². The zero-order valence-corrected chi connectivity index (χ0v) is 39.0. The molecule has 14 heteroatoms. The Morgan fingerprint density at radius 1 is 0.578 bits per heavy atom. The van der Waals surface area contributed by atoms with Crippen LogP contribution >= 0.6 is 0 Å². The molecule has 0 bridgehead atoms. The Labute approximate surface area is 384 Å². The number of unbranched alkanes of at least 4 members (excludes halogenated alkanes) is 13. The number of carbonyl (C=O) groups is 1. The normalized spacial score (nSPS) is 27.8. The molecule has 12 unspecified atom stereocenters. The molecule has 0 radical (unpaired) electrons. The van der Waals surface area contributed by atoms with E-state index in [0.717, 1.165) is 89.9 Å². The molecule has 0 spiro atoms. The van der Waals surface area contributed by atoms with Gasteiger partial charge in [-0.2, -0.15) is 0 Å². The van der Waals surface area contributed by atoms with E-state index in [9.17, 15) is 45.6 Å². The molecule has 9 N–H and O–H groups in total. The predicted molar refractivity (Wildman–Crippen MR) is 249 cm³/mol. The Hall–Kier alpha value is -2.31. The fraction of sp³-hybridized carbons (Fsp3) is 0.780. The largest absolute Gasteiger partial charge is 0.394 e. The first kappa shape index (κ1) is 57.8. The van der Waals surface area contributed by atoms with Gasteiger partial charge in [0.1, 0.15) is 48.8 Å². The molecule has 2 fully saturated rings. The minimum atomic E-state index is -1.78. The van der Waals surface area contributed by atoms with Crippen molar-refractivity contribution >= 4 is 5.91 Å². The van der Waals surface area contributed by atoms with Crippen LogP contribution in [0.2, 0.25) is 0 Å². The number of carbonyl (C=O) groups excluding carboxylic acids is 1. The van der Waals surface area contributed by atoms with Crippen LogP contribution in [0.1, 0.15) is 155 Å². The van der Waals surface area contributed by atoms with Crippen LogP contribution in [0.15, 0.2) is 60.8 Å². The molecule has 2 saturated heterocycles. The maximum absolute atomic E-state index is 13.1. The van der Waals surface area contributed by atoms with Gasteiger partial charge in [0.15, 0.2) is 12.6 Å². The van der Waals surface area contributed by atoms with Crippen molar-refractivity contribution in [2.24, 2.45) is 0 Å². The average molecular weight is 910 g/mol. The molecule has 14 nitrogen and oxygen atoms in total. The number of amides is 1. The maximum Gasteiger partial charge on any atom is 0.220 e. The Bertz CT molecular complexity index is 1310. The average Bonchev–Trinajstić information content (AvgIpc) is 3.29. The van der Waals surface area contributed by atoms with Crippen LogP contribution < -0.4 is 5.32 Å². The highest BCUT2D eigenvalue weighted by molar-refractivity contribution is 5.76. The minimum absolute atomic E-state index is 0.225. The summed E-state index contributed by atoms with van der Waals surface area (Å²) in [5, 5.41) is 86.3. The summed E-state index contributed by atoms with van der Waals surface area (Å²) in [5.41, 5.74) is 0. The Morgan fingerprint density at radius 3 is 1.66 bits per heavy atom. The molecule has 2 heterocycles. The minimum Gasteiger partial charge on any atom is -0.394 e. The maximum atomic E-state index is 13.1. The number of hydrogen-bond acceptors (Lipinski definition) is 13. The molecular formula is C50H87NO13. The van der Waals surface area contributed by atoms with Crippen LogP contribution in [0.5, 0.6) is 0 Å². The molecule has 12 atom stereocenters. The number of allylic oxidation sites excluding steroid dienone is 10. The highest BCUT2D eigenvalue weighted by Gasteiger charge is 2.51. The van der Waals surface area contributed by atoms with Crippen molar-refractivity contribution in [2.45, 2.75) is 229 Å². The molecule has 2 rings (SSSR count). The smallest absolute Gasteiger partial charge is 0.220 e. The highest BCUT2D eigenvalue weighted by atomic mass is 16.7. The predicted octanol–water partition coefficient (Wildman–Crippen LogP) is 5.88. The van der Waals surface area contributed by atoms with Gasteiger partial charge >= 0.3 is 0 Å². The molecular weight excluding hydrogens is 823 g/mol. The summed E-state index contributed by atoms with van der Waals surface area (Å²) in [7, 11) is 0. The number of aliphatic hydroxyl groups excluding tert-OH is 8. The summed E-state index contributed by atoms with van der Waals surface area (Å²) in [6.07, 6.45) is 27.2. The first-order valence-electron chi connectivity index (χ1n) is 24.5. The quantitative estimate of drug-likeness (QED) is 0.0265. The second kappa shape index (κ2) is 36.8. The van der Waals surface area contributed by atoms with Crippen molar-refractivity contribution in [3.05, 3.63) is 60.8 Å². The summed E-state index contributed by atoms with van der Waals surface area (Å²) < 4.78 is 22.6. The summed E-state index contributed by atoms with van der Waals surface area (Å²) in [6, 6.07) is -0.830. The number of nitrogens with one attached hydrogen (secondary N) is 1. The van der Waals surface area contributed by atoms with Gasteiger partial charge in [0.25, 0.3) is 0 Å². The van der Waals surface area contributed by atoms with Crippen molar-refractivity contribution < 1.29 is 64.6 Å². The van der Waals surface area contributed by atoms with Crippen LogP contribution in [-0.4, -0.2) is 140 Å². The third-order valence-corrected chi connectivity index (χ3v) is 11.7. The molecule has 0 aliphatic carbocycles. The zero-order valence-electron chi connectivity index (χ0n) is 39.0. The monoisotopic (exact) mass is 910 g/mol. The molecule has 0 saturated carbocycles.